The average Bonchev–Trinajstić information content (AvgIpc) is 2.68. The van der Waals surface area contributed by atoms with E-state index in [1.165, 1.54) is 6.08 Å². The van der Waals surface area contributed by atoms with Crippen molar-refractivity contribution in [1.29, 1.82) is 0 Å². The largest absolute Gasteiger partial charge is 0.755 e. The van der Waals surface area contributed by atoms with E-state index in [4.69, 9.17) is 5.11 Å². The molecule has 3 aromatic carbocycles. The molecule has 0 saturated heterocycles. The van der Waals surface area contributed by atoms with Gasteiger partial charge in [-0.05, 0) is 47.0 Å². The highest BCUT2D eigenvalue weighted by molar-refractivity contribution is 7.81. The number of carboxylic acids is 1. The predicted octanol–water partition coefficient (Wildman–Crippen LogP) is 4.38. The van der Waals surface area contributed by atoms with Crippen LogP contribution in [0.4, 0.5) is 11.4 Å². The van der Waals surface area contributed by atoms with E-state index in [0.717, 1.165) is 21.5 Å². The van der Waals surface area contributed by atoms with E-state index in [-0.39, 0.29) is 0 Å². The van der Waals surface area contributed by atoms with Crippen LogP contribution in [-0.4, -0.2) is 19.8 Å². The quantitative estimate of drug-likeness (QED) is 0.510. The minimum atomic E-state index is -2.53. The van der Waals surface area contributed by atoms with Crippen LogP contribution in [0.3, 0.4) is 0 Å². The molecule has 1 N–H and O–H groups in total. The molecule has 27 heavy (non-hydrogen) atoms. The van der Waals surface area contributed by atoms with Crippen LogP contribution in [0.25, 0.3) is 17.2 Å². The summed E-state index contributed by atoms with van der Waals surface area (Å²) in [5, 5.41) is 8.74. The lowest BCUT2D eigenvalue weighted by molar-refractivity contribution is -0.131. The average molecular weight is 378 g/mol. The van der Waals surface area contributed by atoms with Crippen LogP contribution in [0.5, 0.6) is 0 Å². The molecule has 1 unspecified atom stereocenters. The van der Waals surface area contributed by atoms with Gasteiger partial charge in [-0.25, -0.2) is 4.79 Å². The number of anilines is 2. The van der Waals surface area contributed by atoms with Gasteiger partial charge in [0.15, 0.2) is 0 Å². The molecule has 0 heterocycles. The molecule has 136 valence electrons. The van der Waals surface area contributed by atoms with E-state index in [0.29, 0.717) is 16.9 Å². The Labute approximate surface area is 159 Å². The van der Waals surface area contributed by atoms with Crippen LogP contribution in [0.15, 0.2) is 84.9 Å². The van der Waals surface area contributed by atoms with Crippen molar-refractivity contribution in [1.82, 2.24) is 0 Å². The lowest BCUT2D eigenvalue weighted by Crippen LogP contribution is -2.19. The van der Waals surface area contributed by atoms with Crippen molar-refractivity contribution >= 4 is 34.7 Å². The van der Waals surface area contributed by atoms with Crippen molar-refractivity contribution in [3.05, 3.63) is 90.5 Å². The first kappa shape index (κ1) is 18.6. The highest BCUT2D eigenvalue weighted by atomic mass is 32.2. The van der Waals surface area contributed by atoms with Crippen molar-refractivity contribution < 1.29 is 18.7 Å². The van der Waals surface area contributed by atoms with Crippen LogP contribution >= 0.6 is 0 Å². The number of benzene rings is 3. The normalized spacial score (nSPS) is 12.0. The summed E-state index contributed by atoms with van der Waals surface area (Å²) >= 11 is -2.53. The molecular formula is C21H16NO4S-. The Bertz CT molecular complexity index is 985. The van der Waals surface area contributed by atoms with Crippen LogP contribution in [0, 0.1) is 0 Å². The smallest absolute Gasteiger partial charge is 0.328 e. The maximum absolute atomic E-state index is 11.8. The highest BCUT2D eigenvalue weighted by Crippen LogP contribution is 2.30. The summed E-state index contributed by atoms with van der Waals surface area (Å²) in [6.45, 7) is 0. The van der Waals surface area contributed by atoms with Crippen molar-refractivity contribution in [2.45, 2.75) is 0 Å². The molecule has 0 aliphatic heterocycles. The third-order valence-corrected chi connectivity index (χ3v) is 4.60. The van der Waals surface area contributed by atoms with Crippen LogP contribution in [0.2, 0.25) is 0 Å². The molecule has 0 spiro atoms. The fourth-order valence-corrected chi connectivity index (χ4v) is 3.24. The minimum absolute atomic E-state index is 0.420. The summed E-state index contributed by atoms with van der Waals surface area (Å²) in [4.78, 5) is 10.7. The maximum atomic E-state index is 11.8. The van der Waals surface area contributed by atoms with Crippen LogP contribution < -0.4 is 4.31 Å². The molecule has 0 fully saturated rings. The summed E-state index contributed by atoms with van der Waals surface area (Å²) in [5.74, 6) is -1.07. The van der Waals surface area contributed by atoms with Gasteiger partial charge in [-0.2, -0.15) is 0 Å². The number of carboxylic acid groups (broad SMARTS) is 1. The fraction of sp³-hybridized carbons (Fsp3) is 0. The highest BCUT2D eigenvalue weighted by Gasteiger charge is 2.11. The third-order valence-electron chi connectivity index (χ3n) is 3.88. The molecule has 0 saturated carbocycles. The van der Waals surface area contributed by atoms with Gasteiger partial charge in [0.2, 0.25) is 0 Å². The standard InChI is InChI=1S/C21H17NO4S/c23-21(24)14-9-16-5-4-8-20(15-16)22(27(25)26)19-12-10-18(11-13-19)17-6-2-1-3-7-17/h1-15H,(H,23,24)(H,25,26)/p-1. The topological polar surface area (TPSA) is 80.7 Å². The molecule has 3 aromatic rings. The second kappa shape index (κ2) is 8.44. The SMILES string of the molecule is O=C(O)C=Cc1cccc(N(c2ccc(-c3ccccc3)cc2)S(=O)[O-])c1. The molecule has 0 aliphatic rings. The lowest BCUT2D eigenvalue weighted by atomic mass is 10.1. The minimum Gasteiger partial charge on any atom is -0.755 e. The third kappa shape index (κ3) is 4.69. The maximum Gasteiger partial charge on any atom is 0.328 e. The Morgan fingerprint density at radius 3 is 2.19 bits per heavy atom. The zero-order valence-corrected chi connectivity index (χ0v) is 15.0. The van der Waals surface area contributed by atoms with Gasteiger partial charge in [0.05, 0.1) is 22.6 Å². The molecule has 6 heteroatoms. The van der Waals surface area contributed by atoms with Gasteiger partial charge in [0.1, 0.15) is 0 Å². The van der Waals surface area contributed by atoms with Gasteiger partial charge >= 0.3 is 5.97 Å². The molecule has 5 nitrogen and oxygen atoms in total. The van der Waals surface area contributed by atoms with Gasteiger partial charge in [0.25, 0.3) is 0 Å². The first-order valence-electron chi connectivity index (χ1n) is 8.10. The predicted molar refractivity (Wildman–Crippen MR) is 106 cm³/mol. The van der Waals surface area contributed by atoms with Crippen molar-refractivity contribution in [2.75, 3.05) is 4.31 Å². The van der Waals surface area contributed by atoms with Crippen molar-refractivity contribution in [3.63, 3.8) is 0 Å². The van der Waals surface area contributed by atoms with Crippen LogP contribution in [-0.2, 0) is 16.1 Å². The van der Waals surface area contributed by atoms with E-state index in [9.17, 15) is 13.6 Å². The van der Waals surface area contributed by atoms with Crippen molar-refractivity contribution in [3.8, 4) is 11.1 Å². The second-order valence-corrected chi connectivity index (χ2v) is 6.49. The van der Waals surface area contributed by atoms with Crippen molar-refractivity contribution in [2.24, 2.45) is 0 Å². The number of aliphatic carboxylic acids is 1. The first-order valence-corrected chi connectivity index (χ1v) is 9.14. The molecular weight excluding hydrogens is 362 g/mol. The summed E-state index contributed by atoms with van der Waals surface area (Å²) in [7, 11) is 0. The monoisotopic (exact) mass is 378 g/mol. The molecule has 1 atom stereocenters. The molecule has 0 amide bonds. The second-order valence-electron chi connectivity index (χ2n) is 5.69. The van der Waals surface area contributed by atoms with Gasteiger partial charge in [-0.3, -0.25) is 8.51 Å². The number of hydrogen-bond donors (Lipinski definition) is 1. The Kier molecular flexibility index (Phi) is 5.80. The lowest BCUT2D eigenvalue weighted by Gasteiger charge is -2.27. The number of rotatable bonds is 6. The Morgan fingerprint density at radius 1 is 0.889 bits per heavy atom. The van der Waals surface area contributed by atoms with E-state index < -0.39 is 17.2 Å². The van der Waals surface area contributed by atoms with E-state index in [2.05, 4.69) is 0 Å². The van der Waals surface area contributed by atoms with Gasteiger partial charge < -0.3 is 9.66 Å². The molecule has 0 bridgehead atoms. The Morgan fingerprint density at radius 2 is 1.56 bits per heavy atom. The zero-order valence-electron chi connectivity index (χ0n) is 14.2. The van der Waals surface area contributed by atoms with Gasteiger partial charge in [0, 0.05) is 6.08 Å². The van der Waals surface area contributed by atoms with Gasteiger partial charge in [-0.15, -0.1) is 0 Å². The Balaban J connectivity index is 1.93. The summed E-state index contributed by atoms with van der Waals surface area (Å²) in [6, 6.07) is 23.6. The zero-order chi connectivity index (χ0) is 19.2. The molecule has 0 aromatic heterocycles. The number of carbonyl (C=O) groups is 1. The summed E-state index contributed by atoms with van der Waals surface area (Å²) in [5.41, 5.74) is 3.52. The van der Waals surface area contributed by atoms with E-state index in [1.54, 1.807) is 36.4 Å². The summed E-state index contributed by atoms with van der Waals surface area (Å²) < 4.78 is 24.9. The number of hydrogen-bond acceptors (Lipinski definition) is 3. The first-order chi connectivity index (χ1) is 13.0. The molecule has 3 rings (SSSR count). The molecule has 0 aliphatic carbocycles. The summed E-state index contributed by atoms with van der Waals surface area (Å²) in [6.07, 6.45) is 2.42. The van der Waals surface area contributed by atoms with E-state index >= 15 is 0 Å². The van der Waals surface area contributed by atoms with E-state index in [1.807, 2.05) is 42.5 Å². The molecule has 0 radical (unpaired) electrons. The Hall–Kier alpha value is -3.22. The fourth-order valence-electron chi connectivity index (χ4n) is 2.66. The van der Waals surface area contributed by atoms with Crippen LogP contribution in [0.1, 0.15) is 5.56 Å². The van der Waals surface area contributed by atoms with Gasteiger partial charge in [-0.1, -0.05) is 54.6 Å². The number of nitrogens with zero attached hydrogens (tertiary/aromatic N) is 1.